The molecule has 0 aliphatic carbocycles. The Morgan fingerprint density at radius 2 is 1.71 bits per heavy atom. The Kier molecular flexibility index (Phi) is 7.90. The largest absolute Gasteiger partial charge is 0.454 e. The molecule has 0 saturated carbocycles. The number of anilines is 1. The first-order valence-electron chi connectivity index (χ1n) is 13.1. The molecular weight excluding hydrogens is 524 g/mol. The fourth-order valence-corrected chi connectivity index (χ4v) is 7.26. The van der Waals surface area contributed by atoms with Gasteiger partial charge in [-0.15, -0.1) is 0 Å². The first kappa shape index (κ1) is 26.9. The Morgan fingerprint density at radius 1 is 1.05 bits per heavy atom. The summed E-state index contributed by atoms with van der Waals surface area (Å²) < 4.78 is 39.8. The first-order valence-corrected chi connectivity index (χ1v) is 15.4. The van der Waals surface area contributed by atoms with E-state index >= 15 is 0 Å². The van der Waals surface area contributed by atoms with E-state index in [4.69, 9.17) is 14.5 Å². The highest BCUT2D eigenvalue weighted by Crippen LogP contribution is 2.40. The molecular formula is C27H34N4O5S2. The molecule has 2 aliphatic heterocycles. The molecule has 11 heteroatoms. The molecule has 1 amide bonds. The summed E-state index contributed by atoms with van der Waals surface area (Å²) in [6.07, 6.45) is 1.72. The third-order valence-corrected chi connectivity index (χ3v) is 10.3. The maximum Gasteiger partial charge on any atom is 0.260 e. The SMILES string of the molecule is CCN(CC)CCN(C(=O)c1ccc(S(=O)(=O)N2CCC(C)CC2)cc1)c1nc2cc3c(cc2s1)OCO3. The van der Waals surface area contributed by atoms with Crippen LogP contribution in [0.3, 0.4) is 0 Å². The highest BCUT2D eigenvalue weighted by Gasteiger charge is 2.29. The molecule has 1 aromatic heterocycles. The Labute approximate surface area is 228 Å². The van der Waals surface area contributed by atoms with Crippen LogP contribution in [-0.2, 0) is 10.0 Å². The van der Waals surface area contributed by atoms with Gasteiger partial charge in [-0.2, -0.15) is 4.31 Å². The Balaban J connectivity index is 1.41. The second kappa shape index (κ2) is 11.2. The summed E-state index contributed by atoms with van der Waals surface area (Å²) in [7, 11) is -3.58. The quantitative estimate of drug-likeness (QED) is 0.384. The summed E-state index contributed by atoms with van der Waals surface area (Å²) in [6.45, 7) is 10.5. The summed E-state index contributed by atoms with van der Waals surface area (Å²) in [4.78, 5) is 22.7. The number of hydrogen-bond acceptors (Lipinski definition) is 8. The van der Waals surface area contributed by atoms with E-state index in [0.717, 1.165) is 36.1 Å². The van der Waals surface area contributed by atoms with Crippen molar-refractivity contribution in [3.8, 4) is 11.5 Å². The predicted molar refractivity (Wildman–Crippen MR) is 149 cm³/mol. The maximum absolute atomic E-state index is 13.8. The molecule has 38 heavy (non-hydrogen) atoms. The van der Waals surface area contributed by atoms with Crippen LogP contribution in [0.5, 0.6) is 11.5 Å². The van der Waals surface area contributed by atoms with Crippen LogP contribution in [-0.4, -0.2) is 74.6 Å². The number of rotatable bonds is 9. The number of aromatic nitrogens is 1. The summed E-state index contributed by atoms with van der Waals surface area (Å²) in [5.41, 5.74) is 1.16. The van der Waals surface area contributed by atoms with Gasteiger partial charge in [-0.25, -0.2) is 13.4 Å². The lowest BCUT2D eigenvalue weighted by molar-refractivity contribution is 0.0983. The zero-order valence-corrected chi connectivity index (χ0v) is 23.7. The first-order chi connectivity index (χ1) is 18.3. The number of likely N-dealkylation sites (N-methyl/N-ethyl adjacent to an activating group) is 1. The molecule has 2 aliphatic rings. The normalized spacial score (nSPS) is 16.4. The van der Waals surface area contributed by atoms with Crippen molar-refractivity contribution in [2.75, 3.05) is 51.0 Å². The minimum Gasteiger partial charge on any atom is -0.454 e. The van der Waals surface area contributed by atoms with Crippen LogP contribution < -0.4 is 14.4 Å². The number of carbonyl (C=O) groups is 1. The molecule has 9 nitrogen and oxygen atoms in total. The highest BCUT2D eigenvalue weighted by atomic mass is 32.2. The van der Waals surface area contributed by atoms with Crippen molar-refractivity contribution in [2.45, 2.75) is 38.5 Å². The third kappa shape index (κ3) is 5.38. The fourth-order valence-electron chi connectivity index (χ4n) is 4.79. The Hall–Kier alpha value is -2.73. The number of sulfonamides is 1. The van der Waals surface area contributed by atoms with Gasteiger partial charge in [0, 0.05) is 43.9 Å². The van der Waals surface area contributed by atoms with Gasteiger partial charge in [-0.05, 0) is 56.1 Å². The number of nitrogens with zero attached hydrogens (tertiary/aromatic N) is 4. The molecule has 2 aromatic carbocycles. The van der Waals surface area contributed by atoms with Crippen molar-refractivity contribution in [2.24, 2.45) is 5.92 Å². The molecule has 0 N–H and O–H groups in total. The monoisotopic (exact) mass is 558 g/mol. The zero-order valence-electron chi connectivity index (χ0n) is 22.1. The number of ether oxygens (including phenoxy) is 2. The summed E-state index contributed by atoms with van der Waals surface area (Å²) in [6, 6.07) is 10.0. The van der Waals surface area contributed by atoms with E-state index in [2.05, 4.69) is 25.7 Å². The van der Waals surface area contributed by atoms with Crippen molar-refractivity contribution in [1.82, 2.24) is 14.2 Å². The van der Waals surface area contributed by atoms with E-state index < -0.39 is 10.0 Å². The van der Waals surface area contributed by atoms with E-state index in [1.165, 1.54) is 11.3 Å². The molecule has 3 heterocycles. The fraction of sp³-hybridized carbons (Fsp3) is 0.481. The zero-order chi connectivity index (χ0) is 26.9. The van der Waals surface area contributed by atoms with Gasteiger partial charge >= 0.3 is 0 Å². The van der Waals surface area contributed by atoms with Crippen molar-refractivity contribution in [3.05, 3.63) is 42.0 Å². The van der Waals surface area contributed by atoms with Gasteiger partial charge in [0.1, 0.15) is 0 Å². The highest BCUT2D eigenvalue weighted by molar-refractivity contribution is 7.89. The van der Waals surface area contributed by atoms with Crippen molar-refractivity contribution >= 4 is 42.6 Å². The van der Waals surface area contributed by atoms with Gasteiger partial charge < -0.3 is 14.4 Å². The molecule has 0 spiro atoms. The molecule has 204 valence electrons. The molecule has 0 atom stereocenters. The molecule has 0 unspecified atom stereocenters. The standard InChI is InChI=1S/C27H34N4O5S2/c1-4-29(5-2)14-15-31(27-28-22-16-23-24(36-18-35-23)17-25(22)37-27)26(32)20-6-8-21(9-7-20)38(33,34)30-12-10-19(3)11-13-30/h6-9,16-17,19H,4-5,10-15,18H2,1-3H3. The van der Waals surface area contributed by atoms with Crippen LogP contribution in [0.2, 0.25) is 0 Å². The lowest BCUT2D eigenvalue weighted by Gasteiger charge is -2.29. The molecule has 1 fully saturated rings. The van der Waals surface area contributed by atoms with Crippen LogP contribution >= 0.6 is 11.3 Å². The van der Waals surface area contributed by atoms with E-state index in [9.17, 15) is 13.2 Å². The van der Waals surface area contributed by atoms with Crippen LogP contribution in [0.1, 0.15) is 44.0 Å². The summed E-state index contributed by atoms with van der Waals surface area (Å²) in [5, 5.41) is 0.583. The van der Waals surface area contributed by atoms with Crippen LogP contribution in [0.4, 0.5) is 5.13 Å². The molecule has 3 aromatic rings. The lowest BCUT2D eigenvalue weighted by Crippen LogP contribution is -2.39. The minimum absolute atomic E-state index is 0.191. The van der Waals surface area contributed by atoms with Crippen molar-refractivity contribution < 1.29 is 22.7 Å². The third-order valence-electron chi connectivity index (χ3n) is 7.36. The average molecular weight is 559 g/mol. The van der Waals surface area contributed by atoms with Gasteiger partial charge in [0.25, 0.3) is 5.91 Å². The Morgan fingerprint density at radius 3 is 2.37 bits per heavy atom. The minimum atomic E-state index is -3.58. The van der Waals surface area contributed by atoms with Crippen molar-refractivity contribution in [1.29, 1.82) is 0 Å². The van der Waals surface area contributed by atoms with E-state index in [0.29, 0.717) is 54.3 Å². The van der Waals surface area contributed by atoms with Crippen LogP contribution in [0.15, 0.2) is 41.3 Å². The number of fused-ring (bicyclic) bond motifs is 2. The number of hydrogen-bond donors (Lipinski definition) is 0. The van der Waals surface area contributed by atoms with Gasteiger partial charge in [0.15, 0.2) is 16.6 Å². The van der Waals surface area contributed by atoms with Gasteiger partial charge in [0.2, 0.25) is 16.8 Å². The molecule has 0 radical (unpaired) electrons. The number of thiazole rings is 1. The van der Waals surface area contributed by atoms with Crippen LogP contribution in [0, 0.1) is 5.92 Å². The maximum atomic E-state index is 13.8. The predicted octanol–water partition coefficient (Wildman–Crippen LogP) is 4.43. The van der Waals surface area contributed by atoms with Gasteiger partial charge in [0.05, 0.1) is 15.1 Å². The van der Waals surface area contributed by atoms with E-state index in [1.807, 2.05) is 12.1 Å². The smallest absolute Gasteiger partial charge is 0.260 e. The number of benzene rings is 2. The van der Waals surface area contributed by atoms with Crippen LogP contribution in [0.25, 0.3) is 10.2 Å². The molecule has 0 bridgehead atoms. The van der Waals surface area contributed by atoms with Gasteiger partial charge in [-0.3, -0.25) is 9.69 Å². The number of carbonyl (C=O) groups excluding carboxylic acids is 1. The molecule has 5 rings (SSSR count). The number of amides is 1. The summed E-state index contributed by atoms with van der Waals surface area (Å²) >= 11 is 1.42. The second-order valence-corrected chi connectivity index (χ2v) is 12.7. The van der Waals surface area contributed by atoms with Crippen molar-refractivity contribution in [3.63, 3.8) is 0 Å². The number of piperidine rings is 1. The lowest BCUT2D eigenvalue weighted by atomic mass is 10.0. The Bertz CT molecular complexity index is 1350. The second-order valence-electron chi connectivity index (χ2n) is 9.76. The van der Waals surface area contributed by atoms with E-state index in [1.54, 1.807) is 33.5 Å². The van der Waals surface area contributed by atoms with E-state index in [-0.39, 0.29) is 17.6 Å². The van der Waals surface area contributed by atoms with Gasteiger partial charge in [-0.1, -0.05) is 32.1 Å². The molecule has 1 saturated heterocycles. The average Bonchev–Trinajstić information content (AvgIpc) is 3.55. The topological polar surface area (TPSA) is 92.3 Å². The summed E-state index contributed by atoms with van der Waals surface area (Å²) in [5.74, 6) is 1.64.